The summed E-state index contributed by atoms with van der Waals surface area (Å²) >= 11 is 0. The van der Waals surface area contributed by atoms with Crippen LogP contribution in [0.3, 0.4) is 0 Å². The number of halogens is 2. The second-order valence-corrected chi connectivity index (χ2v) is 8.40. The van der Waals surface area contributed by atoms with Gasteiger partial charge >= 0.3 is 0 Å². The Kier molecular flexibility index (Phi) is 6.10. The summed E-state index contributed by atoms with van der Waals surface area (Å²) < 4.78 is 32.0. The molecule has 4 aromatic rings. The summed E-state index contributed by atoms with van der Waals surface area (Å²) in [6, 6.07) is 3.97. The first-order chi connectivity index (χ1) is 16.5. The van der Waals surface area contributed by atoms with Gasteiger partial charge in [0.25, 0.3) is 12.3 Å². The monoisotopic (exact) mass is 469 g/mol. The lowest BCUT2D eigenvalue weighted by molar-refractivity contribution is 0.0681. The number of imidazole rings is 1. The highest BCUT2D eigenvalue weighted by atomic mass is 19.3. The standard InChI is InChI=1S/C23H25F2N7O2/c1-34-15-5-3-14(4-6-15)30-23-29-9-17-16(8-27-21(17)31-23)13-2-7-20-26-10-18(32(20)12-13)22(33)28-11-19(24)25/h2,7-10,12,14-15,19H,3-6,11H2,1H3,(H,28,33)(H2,27,29,30,31)/t14-,15+. The van der Waals surface area contributed by atoms with Crippen molar-refractivity contribution in [3.8, 4) is 11.1 Å². The topological polar surface area (TPSA) is 109 Å². The summed E-state index contributed by atoms with van der Waals surface area (Å²) in [5, 5.41) is 6.47. The Morgan fingerprint density at radius 1 is 1.24 bits per heavy atom. The van der Waals surface area contributed by atoms with E-state index in [1.807, 2.05) is 12.3 Å². The Labute approximate surface area is 194 Å². The molecular formula is C23H25F2N7O2. The first-order valence-electron chi connectivity index (χ1n) is 11.2. The van der Waals surface area contributed by atoms with Gasteiger partial charge in [-0.05, 0) is 37.8 Å². The molecule has 1 aliphatic carbocycles. The number of fused-ring (bicyclic) bond motifs is 2. The number of H-pyrrole nitrogens is 1. The molecule has 11 heteroatoms. The summed E-state index contributed by atoms with van der Waals surface area (Å²) in [6.45, 7) is -0.713. The fourth-order valence-corrected chi connectivity index (χ4v) is 4.41. The van der Waals surface area contributed by atoms with Crippen molar-refractivity contribution >= 4 is 28.5 Å². The molecule has 0 aliphatic heterocycles. The number of nitrogens with one attached hydrogen (secondary N) is 3. The lowest BCUT2D eigenvalue weighted by Crippen LogP contribution is -2.29. The fourth-order valence-electron chi connectivity index (χ4n) is 4.41. The van der Waals surface area contributed by atoms with Crippen LogP contribution < -0.4 is 10.6 Å². The number of carbonyl (C=O) groups is 1. The molecule has 1 saturated carbocycles. The lowest BCUT2D eigenvalue weighted by atomic mass is 9.93. The number of rotatable bonds is 7. The molecule has 0 unspecified atom stereocenters. The number of carbonyl (C=O) groups excluding carboxylic acids is 1. The number of hydrogen-bond donors (Lipinski definition) is 3. The zero-order chi connectivity index (χ0) is 23.7. The average Bonchev–Trinajstić information content (AvgIpc) is 3.46. The molecule has 9 nitrogen and oxygen atoms in total. The average molecular weight is 469 g/mol. The molecule has 3 N–H and O–H groups in total. The summed E-state index contributed by atoms with van der Waals surface area (Å²) in [4.78, 5) is 28.9. The molecule has 4 aromatic heterocycles. The van der Waals surface area contributed by atoms with Gasteiger partial charge in [0.05, 0.1) is 18.8 Å². The largest absolute Gasteiger partial charge is 0.381 e. The normalized spacial score (nSPS) is 18.6. The van der Waals surface area contributed by atoms with E-state index in [0.29, 0.717) is 29.4 Å². The Balaban J connectivity index is 1.38. The number of anilines is 1. The maximum absolute atomic E-state index is 12.5. The molecule has 4 heterocycles. The molecule has 0 atom stereocenters. The predicted octanol–water partition coefficient (Wildman–Crippen LogP) is 3.64. The Bertz CT molecular complexity index is 1310. The van der Waals surface area contributed by atoms with Crippen LogP contribution in [0.15, 0.2) is 36.9 Å². The molecule has 178 valence electrons. The van der Waals surface area contributed by atoms with Gasteiger partial charge < -0.3 is 20.4 Å². The third kappa shape index (κ3) is 4.43. The number of aromatic nitrogens is 5. The van der Waals surface area contributed by atoms with E-state index in [2.05, 4.69) is 30.6 Å². The van der Waals surface area contributed by atoms with Gasteiger partial charge in [-0.15, -0.1) is 0 Å². The molecule has 0 saturated heterocycles. The van der Waals surface area contributed by atoms with Crippen LogP contribution in [0.25, 0.3) is 27.8 Å². The van der Waals surface area contributed by atoms with Gasteiger partial charge in [0.15, 0.2) is 0 Å². The van der Waals surface area contributed by atoms with Crippen LogP contribution in [0, 0.1) is 0 Å². The zero-order valence-corrected chi connectivity index (χ0v) is 18.6. The minimum atomic E-state index is -2.62. The number of nitrogens with zero attached hydrogens (tertiary/aromatic N) is 4. The second kappa shape index (κ2) is 9.34. The zero-order valence-electron chi connectivity index (χ0n) is 18.6. The molecule has 0 radical (unpaired) electrons. The van der Waals surface area contributed by atoms with Crippen molar-refractivity contribution in [3.05, 3.63) is 42.6 Å². The van der Waals surface area contributed by atoms with Crippen LogP contribution >= 0.6 is 0 Å². The van der Waals surface area contributed by atoms with Crippen LogP contribution in [0.5, 0.6) is 0 Å². The van der Waals surface area contributed by atoms with E-state index in [0.717, 1.165) is 42.2 Å². The van der Waals surface area contributed by atoms with Gasteiger partial charge in [-0.1, -0.05) is 0 Å². The van der Waals surface area contributed by atoms with Crippen molar-refractivity contribution in [3.63, 3.8) is 0 Å². The summed E-state index contributed by atoms with van der Waals surface area (Å²) in [7, 11) is 1.76. The molecule has 0 aromatic carbocycles. The predicted molar refractivity (Wildman–Crippen MR) is 123 cm³/mol. The molecular weight excluding hydrogens is 444 g/mol. The van der Waals surface area contributed by atoms with Gasteiger partial charge in [0, 0.05) is 48.3 Å². The summed E-state index contributed by atoms with van der Waals surface area (Å²) in [5.41, 5.74) is 3.08. The molecule has 0 bridgehead atoms. The Morgan fingerprint density at radius 2 is 2.06 bits per heavy atom. The lowest BCUT2D eigenvalue weighted by Gasteiger charge is -2.28. The van der Waals surface area contributed by atoms with E-state index in [4.69, 9.17) is 4.74 Å². The van der Waals surface area contributed by atoms with Crippen LogP contribution in [-0.2, 0) is 4.74 Å². The third-order valence-corrected chi connectivity index (χ3v) is 6.24. The Hall–Kier alpha value is -3.60. The highest BCUT2D eigenvalue weighted by molar-refractivity contribution is 5.95. The molecule has 0 spiro atoms. The summed E-state index contributed by atoms with van der Waals surface area (Å²) in [6.07, 6.45) is 8.48. The first-order valence-corrected chi connectivity index (χ1v) is 11.2. The summed E-state index contributed by atoms with van der Waals surface area (Å²) in [5.74, 6) is -0.0349. The van der Waals surface area contributed by atoms with Crippen molar-refractivity contribution in [2.45, 2.75) is 44.3 Å². The quantitative estimate of drug-likeness (QED) is 0.381. The van der Waals surface area contributed by atoms with Crippen LogP contribution in [0.1, 0.15) is 36.2 Å². The SMILES string of the molecule is CO[C@H]1CC[C@@H](Nc2ncc3c(-c4ccc5ncc(C(=O)NCC(F)F)n5c4)c[nH]c3n2)CC1. The van der Waals surface area contributed by atoms with Crippen LogP contribution in [0.2, 0.25) is 0 Å². The van der Waals surface area contributed by atoms with Crippen LogP contribution in [0.4, 0.5) is 14.7 Å². The number of aromatic amines is 1. The van der Waals surface area contributed by atoms with E-state index >= 15 is 0 Å². The molecule has 1 amide bonds. The first kappa shape index (κ1) is 22.2. The van der Waals surface area contributed by atoms with Gasteiger partial charge in [-0.25, -0.2) is 18.7 Å². The van der Waals surface area contributed by atoms with Crippen LogP contribution in [-0.4, -0.2) is 62.5 Å². The van der Waals surface area contributed by atoms with Gasteiger partial charge in [0.2, 0.25) is 5.95 Å². The highest BCUT2D eigenvalue weighted by Gasteiger charge is 2.22. The third-order valence-electron chi connectivity index (χ3n) is 6.24. The molecule has 34 heavy (non-hydrogen) atoms. The van der Waals surface area contributed by atoms with Gasteiger partial charge in [0.1, 0.15) is 17.0 Å². The number of amides is 1. The van der Waals surface area contributed by atoms with Crippen molar-refractivity contribution in [2.75, 3.05) is 19.0 Å². The number of hydrogen-bond acceptors (Lipinski definition) is 6. The molecule has 5 rings (SSSR count). The van der Waals surface area contributed by atoms with Crippen molar-refractivity contribution in [1.82, 2.24) is 29.7 Å². The van der Waals surface area contributed by atoms with E-state index in [1.165, 1.54) is 6.20 Å². The van der Waals surface area contributed by atoms with Gasteiger partial charge in [-0.2, -0.15) is 4.98 Å². The Morgan fingerprint density at radius 3 is 2.82 bits per heavy atom. The number of pyridine rings is 1. The van der Waals surface area contributed by atoms with E-state index in [-0.39, 0.29) is 5.69 Å². The number of ether oxygens (including phenoxy) is 1. The fraction of sp³-hybridized carbons (Fsp3) is 0.391. The van der Waals surface area contributed by atoms with E-state index in [9.17, 15) is 13.6 Å². The maximum atomic E-state index is 12.5. The highest BCUT2D eigenvalue weighted by Crippen LogP contribution is 2.29. The van der Waals surface area contributed by atoms with E-state index in [1.54, 1.807) is 30.0 Å². The smallest absolute Gasteiger partial charge is 0.270 e. The second-order valence-electron chi connectivity index (χ2n) is 8.40. The number of alkyl halides is 2. The van der Waals surface area contributed by atoms with Crippen molar-refractivity contribution in [2.24, 2.45) is 0 Å². The molecule has 1 fully saturated rings. The van der Waals surface area contributed by atoms with Crippen molar-refractivity contribution in [1.29, 1.82) is 0 Å². The maximum Gasteiger partial charge on any atom is 0.270 e. The number of methoxy groups -OCH3 is 1. The molecule has 1 aliphatic rings. The van der Waals surface area contributed by atoms with Gasteiger partial charge in [-0.3, -0.25) is 9.20 Å². The minimum Gasteiger partial charge on any atom is -0.381 e. The minimum absolute atomic E-state index is 0.184. The van der Waals surface area contributed by atoms with Crippen molar-refractivity contribution < 1.29 is 18.3 Å². The van der Waals surface area contributed by atoms with E-state index < -0.39 is 18.9 Å².